The Morgan fingerprint density at radius 3 is 2.76 bits per heavy atom. The molecule has 1 aliphatic rings. The number of carbonyl (C=O) groups excluding carboxylic acids is 1. The highest BCUT2D eigenvalue weighted by Crippen LogP contribution is 2.08. The van der Waals surface area contributed by atoms with Gasteiger partial charge in [0.25, 0.3) is 0 Å². The lowest BCUT2D eigenvalue weighted by Gasteiger charge is -2.25. The Labute approximate surface area is 99.5 Å². The van der Waals surface area contributed by atoms with Crippen LogP contribution in [0.2, 0.25) is 0 Å². The van der Waals surface area contributed by atoms with Crippen LogP contribution in [0.1, 0.15) is 12.8 Å². The van der Waals surface area contributed by atoms with Crippen LogP contribution in [0, 0.1) is 0 Å². The van der Waals surface area contributed by atoms with Crippen molar-refractivity contribution in [1.82, 2.24) is 9.88 Å². The third-order valence-electron chi connectivity index (χ3n) is 2.65. The molecule has 6 heteroatoms. The fourth-order valence-corrected chi connectivity index (χ4v) is 1.66. The van der Waals surface area contributed by atoms with E-state index in [1.54, 1.807) is 11.1 Å². The number of pyridine rings is 1. The fraction of sp³-hybridized carbons (Fsp3) is 0.364. The number of urea groups is 1. The number of piperidine rings is 1. The molecule has 0 atom stereocenters. The highest BCUT2D eigenvalue weighted by molar-refractivity contribution is 5.87. The Kier molecular flexibility index (Phi) is 3.54. The molecule has 0 bridgehead atoms. The standard InChI is InChI=1S/C11H15N5O/c12-11(17)16-7-4-9(5-8-16)14-15-10-3-1-2-6-13-10/h1-3,6H,4-5,7-8H2,(H2,12,17)(H,13,15). The van der Waals surface area contributed by atoms with Gasteiger partial charge in [-0.05, 0) is 12.1 Å². The molecule has 3 N–H and O–H groups in total. The normalized spacial score (nSPS) is 15.5. The van der Waals surface area contributed by atoms with Crippen molar-refractivity contribution in [3.63, 3.8) is 0 Å². The summed E-state index contributed by atoms with van der Waals surface area (Å²) >= 11 is 0. The van der Waals surface area contributed by atoms with E-state index in [-0.39, 0.29) is 6.03 Å². The molecule has 2 amide bonds. The molecule has 0 aliphatic carbocycles. The molecule has 17 heavy (non-hydrogen) atoms. The minimum atomic E-state index is -0.360. The SMILES string of the molecule is NC(=O)N1CCC(=NNc2ccccn2)CC1. The van der Waals surface area contributed by atoms with Crippen LogP contribution in [0.5, 0.6) is 0 Å². The Morgan fingerprint density at radius 1 is 1.41 bits per heavy atom. The minimum absolute atomic E-state index is 0.360. The van der Waals surface area contributed by atoms with Gasteiger partial charge in [0.2, 0.25) is 0 Å². The lowest BCUT2D eigenvalue weighted by atomic mass is 10.1. The van der Waals surface area contributed by atoms with Gasteiger partial charge in [0, 0.05) is 37.8 Å². The second-order valence-electron chi connectivity index (χ2n) is 3.83. The van der Waals surface area contributed by atoms with Gasteiger partial charge in [-0.15, -0.1) is 0 Å². The van der Waals surface area contributed by atoms with Crippen molar-refractivity contribution in [2.24, 2.45) is 10.8 Å². The first-order chi connectivity index (χ1) is 8.25. The van der Waals surface area contributed by atoms with Crippen molar-refractivity contribution >= 4 is 17.6 Å². The predicted molar refractivity (Wildman–Crippen MR) is 65.7 cm³/mol. The van der Waals surface area contributed by atoms with Crippen molar-refractivity contribution in [3.8, 4) is 0 Å². The Balaban J connectivity index is 1.87. The molecule has 1 aromatic heterocycles. The highest BCUT2D eigenvalue weighted by Gasteiger charge is 2.17. The van der Waals surface area contributed by atoms with Crippen LogP contribution >= 0.6 is 0 Å². The van der Waals surface area contributed by atoms with Crippen LogP contribution < -0.4 is 11.2 Å². The van der Waals surface area contributed by atoms with Gasteiger partial charge in [0.15, 0.2) is 0 Å². The van der Waals surface area contributed by atoms with Gasteiger partial charge < -0.3 is 10.6 Å². The first-order valence-electron chi connectivity index (χ1n) is 5.52. The van der Waals surface area contributed by atoms with Crippen LogP contribution in [-0.4, -0.2) is 34.7 Å². The zero-order valence-electron chi connectivity index (χ0n) is 9.47. The van der Waals surface area contributed by atoms with Crippen LogP contribution in [0.25, 0.3) is 0 Å². The summed E-state index contributed by atoms with van der Waals surface area (Å²) in [4.78, 5) is 16.7. The van der Waals surface area contributed by atoms with Crippen molar-refractivity contribution in [1.29, 1.82) is 0 Å². The summed E-state index contributed by atoms with van der Waals surface area (Å²) in [5, 5.41) is 4.27. The summed E-state index contributed by atoms with van der Waals surface area (Å²) in [7, 11) is 0. The maximum absolute atomic E-state index is 10.9. The third kappa shape index (κ3) is 3.17. The fourth-order valence-electron chi connectivity index (χ4n) is 1.66. The molecule has 1 saturated heterocycles. The van der Waals surface area contributed by atoms with E-state index in [0.29, 0.717) is 13.1 Å². The molecular formula is C11H15N5O. The zero-order valence-corrected chi connectivity index (χ0v) is 9.47. The van der Waals surface area contributed by atoms with Gasteiger partial charge in [-0.1, -0.05) is 6.07 Å². The average molecular weight is 233 g/mol. The number of hydrogen-bond donors (Lipinski definition) is 2. The van der Waals surface area contributed by atoms with E-state index < -0.39 is 0 Å². The number of anilines is 1. The maximum Gasteiger partial charge on any atom is 0.314 e. The summed E-state index contributed by atoms with van der Waals surface area (Å²) in [5.74, 6) is 0.720. The van der Waals surface area contributed by atoms with E-state index in [4.69, 9.17) is 5.73 Å². The molecule has 0 saturated carbocycles. The van der Waals surface area contributed by atoms with Crippen molar-refractivity contribution in [3.05, 3.63) is 24.4 Å². The largest absolute Gasteiger partial charge is 0.351 e. The zero-order chi connectivity index (χ0) is 12.1. The monoisotopic (exact) mass is 233 g/mol. The molecule has 90 valence electrons. The number of nitrogens with zero attached hydrogens (tertiary/aromatic N) is 3. The lowest BCUT2D eigenvalue weighted by molar-refractivity contribution is 0.207. The summed E-state index contributed by atoms with van der Waals surface area (Å²) in [6.07, 6.45) is 3.21. The van der Waals surface area contributed by atoms with Gasteiger partial charge in [0.1, 0.15) is 5.82 Å². The Hall–Kier alpha value is -2.11. The number of likely N-dealkylation sites (tertiary alicyclic amines) is 1. The molecule has 2 heterocycles. The van der Waals surface area contributed by atoms with Gasteiger partial charge in [0.05, 0.1) is 0 Å². The molecule has 0 aromatic carbocycles. The predicted octanol–water partition coefficient (Wildman–Crippen LogP) is 1.02. The average Bonchev–Trinajstić information content (AvgIpc) is 2.38. The second kappa shape index (κ2) is 5.29. The molecule has 6 nitrogen and oxygen atoms in total. The number of carbonyl (C=O) groups is 1. The third-order valence-corrected chi connectivity index (χ3v) is 2.65. The van der Waals surface area contributed by atoms with Crippen LogP contribution in [0.4, 0.5) is 10.6 Å². The maximum atomic E-state index is 10.9. The Bertz CT molecular complexity index is 407. The van der Waals surface area contributed by atoms with Gasteiger partial charge >= 0.3 is 6.03 Å². The van der Waals surface area contributed by atoms with Crippen LogP contribution in [0.3, 0.4) is 0 Å². The number of nitrogens with two attached hydrogens (primary N) is 1. The van der Waals surface area contributed by atoms with Gasteiger partial charge in [-0.3, -0.25) is 5.43 Å². The van der Waals surface area contributed by atoms with E-state index >= 15 is 0 Å². The molecule has 1 fully saturated rings. The number of rotatable bonds is 2. The summed E-state index contributed by atoms with van der Waals surface area (Å²) in [6.45, 7) is 1.27. The van der Waals surface area contributed by atoms with E-state index in [0.717, 1.165) is 24.4 Å². The van der Waals surface area contributed by atoms with Gasteiger partial charge in [-0.25, -0.2) is 9.78 Å². The van der Waals surface area contributed by atoms with Crippen molar-refractivity contribution in [2.45, 2.75) is 12.8 Å². The number of amides is 2. The molecule has 1 aromatic rings. The second-order valence-corrected chi connectivity index (χ2v) is 3.83. The van der Waals surface area contributed by atoms with Gasteiger partial charge in [-0.2, -0.15) is 5.10 Å². The molecule has 0 unspecified atom stereocenters. The molecule has 0 spiro atoms. The van der Waals surface area contributed by atoms with E-state index in [1.165, 1.54) is 0 Å². The quantitative estimate of drug-likeness (QED) is 0.748. The molecule has 0 radical (unpaired) electrons. The number of hydrazone groups is 1. The van der Waals surface area contributed by atoms with Crippen LogP contribution in [0.15, 0.2) is 29.5 Å². The molecular weight excluding hydrogens is 218 g/mol. The van der Waals surface area contributed by atoms with Crippen molar-refractivity contribution in [2.75, 3.05) is 18.5 Å². The van der Waals surface area contributed by atoms with Crippen LogP contribution in [-0.2, 0) is 0 Å². The number of hydrogen-bond acceptors (Lipinski definition) is 4. The van der Waals surface area contributed by atoms with E-state index in [9.17, 15) is 4.79 Å². The number of nitrogens with one attached hydrogen (secondary N) is 1. The topological polar surface area (TPSA) is 83.6 Å². The van der Waals surface area contributed by atoms with Crippen molar-refractivity contribution < 1.29 is 4.79 Å². The first kappa shape index (κ1) is 11.4. The van der Waals surface area contributed by atoms with E-state index in [1.807, 2.05) is 18.2 Å². The first-order valence-corrected chi connectivity index (χ1v) is 5.52. The van der Waals surface area contributed by atoms with E-state index in [2.05, 4.69) is 15.5 Å². The number of aromatic nitrogens is 1. The summed E-state index contributed by atoms with van der Waals surface area (Å²) < 4.78 is 0. The lowest BCUT2D eigenvalue weighted by Crippen LogP contribution is -2.41. The summed E-state index contributed by atoms with van der Waals surface area (Å²) in [6, 6.07) is 5.24. The number of primary amides is 1. The Morgan fingerprint density at radius 2 is 2.18 bits per heavy atom. The smallest absolute Gasteiger partial charge is 0.314 e. The minimum Gasteiger partial charge on any atom is -0.351 e. The molecule has 1 aliphatic heterocycles. The summed E-state index contributed by atoms with van der Waals surface area (Å²) in [5.41, 5.74) is 9.14. The highest BCUT2D eigenvalue weighted by atomic mass is 16.2. The molecule has 2 rings (SSSR count).